The lowest BCUT2D eigenvalue weighted by atomic mass is 10.1. The molecule has 0 aliphatic rings. The molecule has 0 spiro atoms. The highest BCUT2D eigenvalue weighted by Gasteiger charge is 1.92. The first-order valence-electron chi connectivity index (χ1n) is 7.11. The maximum Gasteiger partial charge on any atom is 0.240 e. The van der Waals surface area contributed by atoms with Crippen LogP contribution in [0.4, 0.5) is 0 Å². The second-order valence-electron chi connectivity index (χ2n) is 4.88. The molecule has 0 rings (SSSR count). The molecule has 0 saturated heterocycles. The molecule has 0 aliphatic heterocycles. The van der Waals surface area contributed by atoms with E-state index < -0.39 is 5.91 Å². The van der Waals surface area contributed by atoms with Gasteiger partial charge >= 0.3 is 0 Å². The molecule has 0 heterocycles. The van der Waals surface area contributed by atoms with Crippen LogP contribution in [0.1, 0.15) is 58.3 Å². The molecule has 0 aromatic rings. The predicted molar refractivity (Wildman–Crippen MR) is 80.6 cm³/mol. The van der Waals surface area contributed by atoms with Crippen molar-refractivity contribution in [3.05, 3.63) is 12.7 Å². The first-order valence-corrected chi connectivity index (χ1v) is 7.11. The Bertz CT molecular complexity index is 191. The van der Waals surface area contributed by atoms with E-state index in [4.69, 9.17) is 0 Å². The maximum absolute atomic E-state index is 9.47. The van der Waals surface area contributed by atoms with Gasteiger partial charge in [0.1, 0.15) is 0 Å². The molecule has 1 amide bonds. The van der Waals surface area contributed by atoms with Crippen molar-refractivity contribution in [2.75, 3.05) is 20.6 Å². The summed E-state index contributed by atoms with van der Waals surface area (Å²) in [4.78, 5) is 11.7. The Morgan fingerprint density at radius 3 is 1.78 bits per heavy atom. The van der Waals surface area contributed by atoms with Gasteiger partial charge in [0.05, 0.1) is 0 Å². The van der Waals surface area contributed by atoms with E-state index in [1.807, 2.05) is 0 Å². The van der Waals surface area contributed by atoms with E-state index in [0.29, 0.717) is 0 Å². The number of unbranched alkanes of at least 4 members (excludes halogenated alkanes) is 7. The van der Waals surface area contributed by atoms with Gasteiger partial charge in [-0.1, -0.05) is 58.4 Å². The van der Waals surface area contributed by atoms with E-state index in [1.165, 1.54) is 57.9 Å². The zero-order chi connectivity index (χ0) is 14.2. The Hall–Kier alpha value is -0.830. The number of hydrogen-bond donors (Lipinski definition) is 1. The minimum Gasteiger partial charge on any atom is -0.366 e. The van der Waals surface area contributed by atoms with Crippen molar-refractivity contribution in [2.24, 2.45) is 5.73 Å². The first kappa shape index (κ1) is 19.5. The van der Waals surface area contributed by atoms with Crippen LogP contribution >= 0.6 is 0 Å². The molecular formula is C15H32N2O. The summed E-state index contributed by atoms with van der Waals surface area (Å²) in [5.74, 6) is -0.481. The molecule has 0 fully saturated rings. The molecule has 0 aliphatic carbocycles. The SMILES string of the molecule is C=CC(N)=O.CCCCCCCCCCN(C)C. The Kier molecular flexibility index (Phi) is 17.5. The first-order chi connectivity index (χ1) is 8.54. The topological polar surface area (TPSA) is 46.3 Å². The van der Waals surface area contributed by atoms with E-state index in [9.17, 15) is 4.79 Å². The Labute approximate surface area is 113 Å². The highest BCUT2D eigenvalue weighted by Crippen LogP contribution is 2.08. The Morgan fingerprint density at radius 2 is 1.44 bits per heavy atom. The molecule has 0 aromatic heterocycles. The van der Waals surface area contributed by atoms with Crippen LogP contribution in [0.25, 0.3) is 0 Å². The van der Waals surface area contributed by atoms with E-state index in [1.54, 1.807) is 0 Å². The van der Waals surface area contributed by atoms with Gasteiger partial charge in [0.25, 0.3) is 0 Å². The Morgan fingerprint density at radius 1 is 1.06 bits per heavy atom. The van der Waals surface area contributed by atoms with Gasteiger partial charge in [0.2, 0.25) is 5.91 Å². The molecule has 0 unspecified atom stereocenters. The van der Waals surface area contributed by atoms with Crippen LogP contribution in [0.3, 0.4) is 0 Å². The predicted octanol–water partition coefficient (Wildman–Crippen LogP) is 3.35. The minimum absolute atomic E-state index is 0.481. The van der Waals surface area contributed by atoms with Crippen LogP contribution in [0.5, 0.6) is 0 Å². The van der Waals surface area contributed by atoms with Crippen molar-refractivity contribution in [1.82, 2.24) is 4.90 Å². The molecule has 0 aromatic carbocycles. The van der Waals surface area contributed by atoms with Crippen LogP contribution in [0, 0.1) is 0 Å². The van der Waals surface area contributed by atoms with Crippen molar-refractivity contribution in [1.29, 1.82) is 0 Å². The summed E-state index contributed by atoms with van der Waals surface area (Å²) >= 11 is 0. The average Bonchev–Trinajstić information content (AvgIpc) is 2.33. The second kappa shape index (κ2) is 16.2. The lowest BCUT2D eigenvalue weighted by molar-refractivity contribution is -0.113. The number of carbonyl (C=O) groups excluding carboxylic acids is 1. The van der Waals surface area contributed by atoms with E-state index in [-0.39, 0.29) is 0 Å². The molecule has 3 nitrogen and oxygen atoms in total. The van der Waals surface area contributed by atoms with E-state index in [0.717, 1.165) is 6.08 Å². The number of primary amides is 1. The second-order valence-corrected chi connectivity index (χ2v) is 4.88. The molecule has 18 heavy (non-hydrogen) atoms. The van der Waals surface area contributed by atoms with Gasteiger partial charge in [0.15, 0.2) is 0 Å². The molecule has 108 valence electrons. The normalized spacial score (nSPS) is 9.78. The van der Waals surface area contributed by atoms with Gasteiger partial charge in [-0.2, -0.15) is 0 Å². The third-order valence-electron chi connectivity index (χ3n) is 2.66. The number of nitrogens with zero attached hydrogens (tertiary/aromatic N) is 1. The summed E-state index contributed by atoms with van der Waals surface area (Å²) < 4.78 is 0. The third-order valence-corrected chi connectivity index (χ3v) is 2.66. The summed E-state index contributed by atoms with van der Waals surface area (Å²) in [6.07, 6.45) is 12.4. The van der Waals surface area contributed by atoms with Gasteiger partial charge in [-0.05, 0) is 33.1 Å². The quantitative estimate of drug-likeness (QED) is 0.481. The molecule has 3 heteroatoms. The van der Waals surface area contributed by atoms with Crippen molar-refractivity contribution < 1.29 is 4.79 Å². The highest BCUT2D eigenvalue weighted by atomic mass is 16.1. The largest absolute Gasteiger partial charge is 0.366 e. The summed E-state index contributed by atoms with van der Waals surface area (Å²) in [7, 11) is 4.31. The van der Waals surface area contributed by atoms with Crippen LogP contribution in [0.2, 0.25) is 0 Å². The zero-order valence-electron chi connectivity index (χ0n) is 12.6. The Balaban J connectivity index is 0. The number of hydrogen-bond acceptors (Lipinski definition) is 2. The number of nitrogens with two attached hydrogens (primary N) is 1. The summed E-state index contributed by atoms with van der Waals surface area (Å²) in [6.45, 7) is 6.62. The van der Waals surface area contributed by atoms with Crippen molar-refractivity contribution in [2.45, 2.75) is 58.3 Å². The van der Waals surface area contributed by atoms with Crippen molar-refractivity contribution >= 4 is 5.91 Å². The molecular weight excluding hydrogens is 224 g/mol. The smallest absolute Gasteiger partial charge is 0.240 e. The van der Waals surface area contributed by atoms with Crippen molar-refractivity contribution in [3.8, 4) is 0 Å². The fraction of sp³-hybridized carbons (Fsp3) is 0.800. The number of amides is 1. The third kappa shape index (κ3) is 24.4. The standard InChI is InChI=1S/C12H27N.C3H5NO/c1-4-5-6-7-8-9-10-11-12-13(2)3;1-2-3(4)5/h4-12H2,1-3H3;2H,1H2,(H2,4,5). The fourth-order valence-corrected chi connectivity index (χ4v) is 1.56. The van der Waals surface area contributed by atoms with Gasteiger partial charge in [-0.25, -0.2) is 0 Å². The minimum atomic E-state index is -0.481. The summed E-state index contributed by atoms with van der Waals surface area (Å²) in [6, 6.07) is 0. The monoisotopic (exact) mass is 256 g/mol. The zero-order valence-corrected chi connectivity index (χ0v) is 12.6. The lowest BCUT2D eigenvalue weighted by Crippen LogP contribution is -2.12. The molecule has 0 saturated carbocycles. The molecule has 0 atom stereocenters. The van der Waals surface area contributed by atoms with Crippen LogP contribution in [-0.4, -0.2) is 31.4 Å². The molecule has 0 bridgehead atoms. The summed E-state index contributed by atoms with van der Waals surface area (Å²) in [5.41, 5.74) is 4.53. The molecule has 2 N–H and O–H groups in total. The summed E-state index contributed by atoms with van der Waals surface area (Å²) in [5, 5.41) is 0. The molecule has 0 radical (unpaired) electrons. The van der Waals surface area contributed by atoms with Gasteiger partial charge in [-0.15, -0.1) is 0 Å². The number of rotatable bonds is 10. The van der Waals surface area contributed by atoms with Crippen molar-refractivity contribution in [3.63, 3.8) is 0 Å². The van der Waals surface area contributed by atoms with Gasteiger partial charge in [-0.3, -0.25) is 4.79 Å². The average molecular weight is 256 g/mol. The van der Waals surface area contributed by atoms with Gasteiger partial charge < -0.3 is 10.6 Å². The fourth-order valence-electron chi connectivity index (χ4n) is 1.56. The van der Waals surface area contributed by atoms with E-state index >= 15 is 0 Å². The van der Waals surface area contributed by atoms with Crippen LogP contribution in [0.15, 0.2) is 12.7 Å². The highest BCUT2D eigenvalue weighted by molar-refractivity contribution is 5.84. The van der Waals surface area contributed by atoms with E-state index in [2.05, 4.69) is 38.2 Å². The lowest BCUT2D eigenvalue weighted by Gasteiger charge is -2.08. The van der Waals surface area contributed by atoms with Crippen LogP contribution < -0.4 is 5.73 Å². The number of carbonyl (C=O) groups is 1. The maximum atomic E-state index is 9.47. The van der Waals surface area contributed by atoms with Gasteiger partial charge in [0, 0.05) is 0 Å². The van der Waals surface area contributed by atoms with Crippen LogP contribution in [-0.2, 0) is 4.79 Å².